The van der Waals surface area contributed by atoms with Crippen molar-refractivity contribution in [1.82, 2.24) is 10.3 Å². The van der Waals surface area contributed by atoms with Crippen LogP contribution in [0.4, 0.5) is 5.82 Å². The highest BCUT2D eigenvalue weighted by atomic mass is 16.5. The molecular weight excluding hydrogens is 242 g/mol. The van der Waals surface area contributed by atoms with Gasteiger partial charge in [-0.1, -0.05) is 19.4 Å². The molecule has 0 fully saturated rings. The van der Waals surface area contributed by atoms with Crippen molar-refractivity contribution in [3.05, 3.63) is 23.9 Å². The van der Waals surface area contributed by atoms with Gasteiger partial charge in [-0.15, -0.1) is 0 Å². The summed E-state index contributed by atoms with van der Waals surface area (Å²) in [6.07, 6.45) is 3.05. The summed E-state index contributed by atoms with van der Waals surface area (Å²) in [6, 6.07) is 5.33. The maximum atomic E-state index is 11.8. The van der Waals surface area contributed by atoms with Crippen LogP contribution in [0.25, 0.3) is 0 Å². The van der Waals surface area contributed by atoms with Crippen LogP contribution < -0.4 is 10.6 Å². The van der Waals surface area contributed by atoms with Crippen molar-refractivity contribution in [2.75, 3.05) is 32.1 Å². The average molecular weight is 265 g/mol. The topological polar surface area (TPSA) is 63.2 Å². The number of rotatable bonds is 9. The second-order valence-corrected chi connectivity index (χ2v) is 4.23. The van der Waals surface area contributed by atoms with Gasteiger partial charge in [-0.25, -0.2) is 4.98 Å². The maximum absolute atomic E-state index is 11.8. The smallest absolute Gasteiger partial charge is 0.269 e. The fourth-order valence-corrected chi connectivity index (χ4v) is 1.52. The highest BCUT2D eigenvalue weighted by Crippen LogP contribution is 2.03. The molecule has 0 bridgehead atoms. The molecule has 5 nitrogen and oxygen atoms in total. The first-order valence-corrected chi connectivity index (χ1v) is 6.78. The van der Waals surface area contributed by atoms with Gasteiger partial charge in [0, 0.05) is 26.8 Å². The highest BCUT2D eigenvalue weighted by molar-refractivity contribution is 5.92. The van der Waals surface area contributed by atoms with Crippen molar-refractivity contribution in [2.45, 2.75) is 26.2 Å². The largest absolute Gasteiger partial charge is 0.381 e. The van der Waals surface area contributed by atoms with E-state index in [1.165, 1.54) is 0 Å². The molecule has 0 aromatic carbocycles. The Labute approximate surface area is 114 Å². The first-order chi connectivity index (χ1) is 9.27. The molecular formula is C14H23N3O2. The third-order valence-electron chi connectivity index (χ3n) is 2.63. The Bertz CT molecular complexity index is 383. The predicted octanol–water partition coefficient (Wildman–Crippen LogP) is 2.06. The van der Waals surface area contributed by atoms with E-state index < -0.39 is 0 Å². The summed E-state index contributed by atoms with van der Waals surface area (Å²) in [5, 5.41) is 5.74. The van der Waals surface area contributed by atoms with Crippen LogP contribution in [-0.2, 0) is 4.74 Å². The Morgan fingerprint density at radius 1 is 1.32 bits per heavy atom. The summed E-state index contributed by atoms with van der Waals surface area (Å²) in [6.45, 7) is 4.23. The molecule has 106 valence electrons. The molecule has 1 amide bonds. The third kappa shape index (κ3) is 6.20. The standard InChI is InChI=1S/C14H23N3O2/c1-3-4-10-19-11-6-9-16-14(18)12-7-5-8-13(15-2)17-12/h5,7-8H,3-4,6,9-11H2,1-2H3,(H,15,17)(H,16,18). The average Bonchev–Trinajstić information content (AvgIpc) is 2.46. The van der Waals surface area contributed by atoms with Crippen LogP contribution in [0.15, 0.2) is 18.2 Å². The minimum atomic E-state index is -0.148. The number of nitrogens with one attached hydrogen (secondary N) is 2. The molecule has 1 aromatic rings. The number of hydrogen-bond donors (Lipinski definition) is 2. The van der Waals surface area contributed by atoms with Crippen molar-refractivity contribution >= 4 is 11.7 Å². The summed E-state index contributed by atoms with van der Waals surface area (Å²) in [4.78, 5) is 16.0. The summed E-state index contributed by atoms with van der Waals surface area (Å²) in [7, 11) is 1.78. The molecule has 0 saturated carbocycles. The summed E-state index contributed by atoms with van der Waals surface area (Å²) in [5.41, 5.74) is 0.429. The lowest BCUT2D eigenvalue weighted by Gasteiger charge is -2.06. The number of pyridine rings is 1. The molecule has 0 unspecified atom stereocenters. The molecule has 0 atom stereocenters. The summed E-state index contributed by atoms with van der Waals surface area (Å²) >= 11 is 0. The molecule has 0 radical (unpaired) electrons. The molecule has 0 saturated heterocycles. The van der Waals surface area contributed by atoms with Gasteiger partial charge in [0.05, 0.1) is 0 Å². The van der Waals surface area contributed by atoms with E-state index in [1.54, 1.807) is 13.1 Å². The number of anilines is 1. The lowest BCUT2D eigenvalue weighted by Crippen LogP contribution is -2.26. The normalized spacial score (nSPS) is 10.2. The number of carbonyl (C=O) groups excluding carboxylic acids is 1. The van der Waals surface area contributed by atoms with Crippen molar-refractivity contribution in [2.24, 2.45) is 0 Å². The summed E-state index contributed by atoms with van der Waals surface area (Å²) in [5.74, 6) is 0.543. The Hall–Kier alpha value is -1.62. The zero-order valence-corrected chi connectivity index (χ0v) is 11.7. The molecule has 0 aliphatic rings. The number of carbonyl (C=O) groups is 1. The van der Waals surface area contributed by atoms with Gasteiger partial charge in [-0.2, -0.15) is 0 Å². The Balaban J connectivity index is 2.20. The second kappa shape index (κ2) is 9.33. The van der Waals surface area contributed by atoms with E-state index in [0.29, 0.717) is 24.7 Å². The van der Waals surface area contributed by atoms with Crippen molar-refractivity contribution < 1.29 is 9.53 Å². The second-order valence-electron chi connectivity index (χ2n) is 4.23. The van der Waals surface area contributed by atoms with Crippen LogP contribution in [-0.4, -0.2) is 37.7 Å². The number of nitrogens with zero attached hydrogens (tertiary/aromatic N) is 1. The SMILES string of the molecule is CCCCOCCCNC(=O)c1cccc(NC)n1. The third-order valence-corrected chi connectivity index (χ3v) is 2.63. The maximum Gasteiger partial charge on any atom is 0.269 e. The predicted molar refractivity (Wildman–Crippen MR) is 76.5 cm³/mol. The van der Waals surface area contributed by atoms with Gasteiger partial charge in [-0.05, 0) is 25.0 Å². The molecule has 0 aliphatic carbocycles. The monoisotopic (exact) mass is 265 g/mol. The Morgan fingerprint density at radius 2 is 2.11 bits per heavy atom. The Kier molecular flexibility index (Phi) is 7.58. The molecule has 0 aliphatic heterocycles. The van der Waals surface area contributed by atoms with Crippen LogP contribution >= 0.6 is 0 Å². The lowest BCUT2D eigenvalue weighted by molar-refractivity contribution is 0.0935. The van der Waals surface area contributed by atoms with E-state index in [-0.39, 0.29) is 5.91 Å². The molecule has 0 spiro atoms. The van der Waals surface area contributed by atoms with Gasteiger partial charge in [0.1, 0.15) is 11.5 Å². The van der Waals surface area contributed by atoms with E-state index in [4.69, 9.17) is 4.74 Å². The van der Waals surface area contributed by atoms with Gasteiger partial charge in [0.15, 0.2) is 0 Å². The van der Waals surface area contributed by atoms with Crippen molar-refractivity contribution in [1.29, 1.82) is 0 Å². The van der Waals surface area contributed by atoms with E-state index in [9.17, 15) is 4.79 Å². The van der Waals surface area contributed by atoms with Gasteiger partial charge < -0.3 is 15.4 Å². The lowest BCUT2D eigenvalue weighted by atomic mass is 10.3. The van der Waals surface area contributed by atoms with E-state index in [1.807, 2.05) is 12.1 Å². The van der Waals surface area contributed by atoms with Gasteiger partial charge in [0.25, 0.3) is 5.91 Å². The van der Waals surface area contributed by atoms with Crippen molar-refractivity contribution in [3.8, 4) is 0 Å². The van der Waals surface area contributed by atoms with Crippen molar-refractivity contribution in [3.63, 3.8) is 0 Å². The number of aromatic nitrogens is 1. The van der Waals surface area contributed by atoms with E-state index in [0.717, 1.165) is 25.9 Å². The first kappa shape index (κ1) is 15.4. The minimum absolute atomic E-state index is 0.148. The molecule has 1 aromatic heterocycles. The van der Waals surface area contributed by atoms with Crippen LogP contribution in [0.5, 0.6) is 0 Å². The molecule has 1 rings (SSSR count). The number of ether oxygens (including phenoxy) is 1. The van der Waals surface area contributed by atoms with E-state index >= 15 is 0 Å². The van der Waals surface area contributed by atoms with Gasteiger partial charge >= 0.3 is 0 Å². The number of hydrogen-bond acceptors (Lipinski definition) is 4. The number of unbranched alkanes of at least 4 members (excludes halogenated alkanes) is 1. The fraction of sp³-hybridized carbons (Fsp3) is 0.571. The zero-order chi connectivity index (χ0) is 13.9. The van der Waals surface area contributed by atoms with E-state index in [2.05, 4.69) is 22.5 Å². The molecule has 2 N–H and O–H groups in total. The molecule has 5 heteroatoms. The highest BCUT2D eigenvalue weighted by Gasteiger charge is 2.06. The zero-order valence-electron chi connectivity index (χ0n) is 11.7. The van der Waals surface area contributed by atoms with Crippen LogP contribution in [0.1, 0.15) is 36.7 Å². The fourth-order valence-electron chi connectivity index (χ4n) is 1.52. The van der Waals surface area contributed by atoms with Crippen LogP contribution in [0.2, 0.25) is 0 Å². The molecule has 1 heterocycles. The first-order valence-electron chi connectivity index (χ1n) is 6.78. The number of amides is 1. The summed E-state index contributed by atoms with van der Waals surface area (Å²) < 4.78 is 5.42. The Morgan fingerprint density at radius 3 is 2.84 bits per heavy atom. The van der Waals surface area contributed by atoms with Crippen LogP contribution in [0, 0.1) is 0 Å². The minimum Gasteiger partial charge on any atom is -0.381 e. The quantitative estimate of drug-likeness (QED) is 0.671. The van der Waals surface area contributed by atoms with Gasteiger partial charge in [0.2, 0.25) is 0 Å². The van der Waals surface area contributed by atoms with Gasteiger partial charge in [-0.3, -0.25) is 4.79 Å². The molecule has 19 heavy (non-hydrogen) atoms. The van der Waals surface area contributed by atoms with Crippen LogP contribution in [0.3, 0.4) is 0 Å².